The average Bonchev–Trinajstić information content (AvgIpc) is 2.45. The van der Waals surface area contributed by atoms with Crippen LogP contribution >= 0.6 is 0 Å². The first-order valence-electron chi connectivity index (χ1n) is 7.53. The van der Waals surface area contributed by atoms with E-state index in [2.05, 4.69) is 10.2 Å². The molecular formula is C14H28N2O4. The SMILES string of the molecule is CC.CC1(OC(=O)NCCCN2CCOCC2)COC1. The standard InChI is InChI=1S/C12H22N2O4.C2H6/c1-12(9-17-10-12)18-11(15)13-3-2-4-14-5-7-16-8-6-14;1-2/h2-10H2,1H3,(H,13,15);1-2H3. The van der Waals surface area contributed by atoms with Gasteiger partial charge in [-0.3, -0.25) is 4.90 Å². The summed E-state index contributed by atoms with van der Waals surface area (Å²) in [6.07, 6.45) is 0.588. The minimum Gasteiger partial charge on any atom is -0.438 e. The highest BCUT2D eigenvalue weighted by Gasteiger charge is 2.37. The van der Waals surface area contributed by atoms with Gasteiger partial charge in [0.15, 0.2) is 5.60 Å². The van der Waals surface area contributed by atoms with E-state index in [0.717, 1.165) is 39.3 Å². The van der Waals surface area contributed by atoms with Crippen molar-refractivity contribution in [2.45, 2.75) is 32.8 Å². The third-order valence-corrected chi connectivity index (χ3v) is 3.18. The number of carbonyl (C=O) groups is 1. The second-order valence-corrected chi connectivity index (χ2v) is 5.07. The summed E-state index contributed by atoms with van der Waals surface area (Å²) >= 11 is 0. The summed E-state index contributed by atoms with van der Waals surface area (Å²) in [6.45, 7) is 12.1. The maximum Gasteiger partial charge on any atom is 0.407 e. The van der Waals surface area contributed by atoms with Gasteiger partial charge >= 0.3 is 6.09 Å². The molecule has 6 heteroatoms. The fraction of sp³-hybridized carbons (Fsp3) is 0.929. The molecule has 2 fully saturated rings. The molecule has 2 heterocycles. The number of hydrogen-bond acceptors (Lipinski definition) is 5. The molecule has 2 saturated heterocycles. The first kappa shape index (κ1) is 17.2. The lowest BCUT2D eigenvalue weighted by atomic mass is 10.1. The molecule has 0 saturated carbocycles. The molecule has 2 rings (SSSR count). The lowest BCUT2D eigenvalue weighted by Crippen LogP contribution is -2.52. The summed E-state index contributed by atoms with van der Waals surface area (Å²) in [5, 5.41) is 2.77. The van der Waals surface area contributed by atoms with Gasteiger partial charge in [-0.15, -0.1) is 0 Å². The van der Waals surface area contributed by atoms with E-state index in [1.807, 2.05) is 20.8 Å². The van der Waals surface area contributed by atoms with Crippen LogP contribution in [0.5, 0.6) is 0 Å². The lowest BCUT2D eigenvalue weighted by molar-refractivity contribution is -0.166. The number of nitrogens with one attached hydrogen (secondary N) is 1. The third-order valence-electron chi connectivity index (χ3n) is 3.18. The van der Waals surface area contributed by atoms with Crippen LogP contribution in [0.1, 0.15) is 27.2 Å². The van der Waals surface area contributed by atoms with Gasteiger partial charge in [0, 0.05) is 19.6 Å². The minimum atomic E-state index is -0.422. The molecule has 2 aliphatic rings. The number of rotatable bonds is 5. The van der Waals surface area contributed by atoms with Crippen LogP contribution in [0.25, 0.3) is 0 Å². The molecule has 0 unspecified atom stereocenters. The average molecular weight is 288 g/mol. The quantitative estimate of drug-likeness (QED) is 0.772. The maximum absolute atomic E-state index is 11.5. The van der Waals surface area contributed by atoms with Crippen LogP contribution in [0.2, 0.25) is 0 Å². The largest absolute Gasteiger partial charge is 0.438 e. The van der Waals surface area contributed by atoms with Crippen LogP contribution in [0.15, 0.2) is 0 Å². The van der Waals surface area contributed by atoms with Crippen molar-refractivity contribution < 1.29 is 19.0 Å². The Hall–Kier alpha value is -0.850. The Morgan fingerprint density at radius 1 is 1.25 bits per heavy atom. The molecule has 0 spiro atoms. The van der Waals surface area contributed by atoms with E-state index in [1.54, 1.807) is 0 Å². The van der Waals surface area contributed by atoms with Gasteiger partial charge in [-0.2, -0.15) is 0 Å². The number of morpholine rings is 1. The van der Waals surface area contributed by atoms with Gasteiger partial charge in [-0.25, -0.2) is 4.79 Å². The minimum absolute atomic E-state index is 0.345. The van der Waals surface area contributed by atoms with Gasteiger partial charge in [0.25, 0.3) is 0 Å². The number of alkyl carbamates (subject to hydrolysis) is 1. The predicted octanol–water partition coefficient (Wildman–Crippen LogP) is 1.25. The van der Waals surface area contributed by atoms with Gasteiger partial charge in [-0.05, 0) is 19.9 Å². The van der Waals surface area contributed by atoms with Gasteiger partial charge < -0.3 is 19.5 Å². The van der Waals surface area contributed by atoms with Crippen LogP contribution in [0.3, 0.4) is 0 Å². The van der Waals surface area contributed by atoms with E-state index in [-0.39, 0.29) is 6.09 Å². The Bertz CT molecular complexity index is 276. The van der Waals surface area contributed by atoms with Crippen molar-refractivity contribution in [1.82, 2.24) is 10.2 Å². The topological polar surface area (TPSA) is 60.0 Å². The molecule has 0 aromatic rings. The predicted molar refractivity (Wildman–Crippen MR) is 76.9 cm³/mol. The van der Waals surface area contributed by atoms with Crippen LogP contribution in [0.4, 0.5) is 4.79 Å². The molecule has 0 radical (unpaired) electrons. The summed E-state index contributed by atoms with van der Waals surface area (Å²) < 4.78 is 15.6. The Kier molecular flexibility index (Phi) is 7.87. The molecule has 6 nitrogen and oxygen atoms in total. The normalized spacial score (nSPS) is 21.1. The van der Waals surface area contributed by atoms with E-state index in [1.165, 1.54) is 0 Å². The summed E-state index contributed by atoms with van der Waals surface area (Å²) in [6, 6.07) is 0. The van der Waals surface area contributed by atoms with Crippen LogP contribution < -0.4 is 5.32 Å². The van der Waals surface area contributed by atoms with Gasteiger partial charge in [0.2, 0.25) is 0 Å². The molecule has 1 N–H and O–H groups in total. The highest BCUT2D eigenvalue weighted by Crippen LogP contribution is 2.20. The monoisotopic (exact) mass is 288 g/mol. The van der Waals surface area contributed by atoms with Crippen molar-refractivity contribution >= 4 is 6.09 Å². The zero-order valence-electron chi connectivity index (χ0n) is 12.9. The van der Waals surface area contributed by atoms with Crippen molar-refractivity contribution in [2.75, 3.05) is 52.6 Å². The molecular weight excluding hydrogens is 260 g/mol. The Morgan fingerprint density at radius 3 is 2.45 bits per heavy atom. The fourth-order valence-corrected chi connectivity index (χ4v) is 2.03. The van der Waals surface area contributed by atoms with Crippen molar-refractivity contribution in [1.29, 1.82) is 0 Å². The first-order valence-corrected chi connectivity index (χ1v) is 7.53. The molecule has 0 atom stereocenters. The highest BCUT2D eigenvalue weighted by atomic mass is 16.6. The van der Waals surface area contributed by atoms with Gasteiger partial charge in [0.05, 0.1) is 26.4 Å². The van der Waals surface area contributed by atoms with E-state index >= 15 is 0 Å². The molecule has 118 valence electrons. The highest BCUT2D eigenvalue weighted by molar-refractivity contribution is 5.67. The number of hydrogen-bond donors (Lipinski definition) is 1. The van der Waals surface area contributed by atoms with Crippen molar-refractivity contribution in [2.24, 2.45) is 0 Å². The molecule has 1 amide bonds. The second-order valence-electron chi connectivity index (χ2n) is 5.07. The van der Waals surface area contributed by atoms with E-state index in [4.69, 9.17) is 14.2 Å². The Balaban J connectivity index is 0.000000956. The Morgan fingerprint density at radius 2 is 1.90 bits per heavy atom. The molecule has 20 heavy (non-hydrogen) atoms. The number of ether oxygens (including phenoxy) is 3. The molecule has 2 aliphatic heterocycles. The molecule has 0 aliphatic carbocycles. The van der Waals surface area contributed by atoms with Crippen LogP contribution in [-0.2, 0) is 14.2 Å². The van der Waals surface area contributed by atoms with Crippen molar-refractivity contribution in [3.63, 3.8) is 0 Å². The number of carbonyl (C=O) groups excluding carboxylic acids is 1. The number of amides is 1. The number of nitrogens with zero attached hydrogens (tertiary/aromatic N) is 1. The third kappa shape index (κ3) is 6.07. The summed E-state index contributed by atoms with van der Waals surface area (Å²) in [4.78, 5) is 13.8. The first-order chi connectivity index (χ1) is 9.68. The molecule has 0 bridgehead atoms. The molecule has 0 aromatic carbocycles. The van der Waals surface area contributed by atoms with Gasteiger partial charge in [-0.1, -0.05) is 13.8 Å². The van der Waals surface area contributed by atoms with E-state index in [0.29, 0.717) is 19.8 Å². The van der Waals surface area contributed by atoms with E-state index < -0.39 is 5.60 Å². The molecule has 0 aromatic heterocycles. The van der Waals surface area contributed by atoms with Crippen molar-refractivity contribution in [3.05, 3.63) is 0 Å². The zero-order chi connectivity index (χ0) is 14.8. The van der Waals surface area contributed by atoms with Gasteiger partial charge in [0.1, 0.15) is 0 Å². The fourth-order valence-electron chi connectivity index (χ4n) is 2.03. The zero-order valence-corrected chi connectivity index (χ0v) is 12.9. The maximum atomic E-state index is 11.5. The van der Waals surface area contributed by atoms with Crippen LogP contribution in [-0.4, -0.2) is 69.2 Å². The lowest BCUT2D eigenvalue weighted by Gasteiger charge is -2.36. The van der Waals surface area contributed by atoms with Crippen molar-refractivity contribution in [3.8, 4) is 0 Å². The smallest absolute Gasteiger partial charge is 0.407 e. The van der Waals surface area contributed by atoms with E-state index in [9.17, 15) is 4.79 Å². The second kappa shape index (κ2) is 9.15. The summed E-state index contributed by atoms with van der Waals surface area (Å²) in [5.41, 5.74) is -0.422. The Labute approximate surface area is 121 Å². The summed E-state index contributed by atoms with van der Waals surface area (Å²) in [7, 11) is 0. The van der Waals surface area contributed by atoms with Crippen LogP contribution in [0, 0.1) is 0 Å². The summed E-state index contributed by atoms with van der Waals surface area (Å²) in [5.74, 6) is 0.